The van der Waals surface area contributed by atoms with Gasteiger partial charge in [-0.25, -0.2) is 0 Å². The van der Waals surface area contributed by atoms with Crippen LogP contribution in [0.1, 0.15) is 19.8 Å². The van der Waals surface area contributed by atoms with Gasteiger partial charge < -0.3 is 10.2 Å². The van der Waals surface area contributed by atoms with Gasteiger partial charge in [0.1, 0.15) is 0 Å². The van der Waals surface area contributed by atoms with E-state index in [4.69, 9.17) is 0 Å². The summed E-state index contributed by atoms with van der Waals surface area (Å²) < 4.78 is 0. The third kappa shape index (κ3) is 1.45. The average molecular weight is 168 g/mol. The molecule has 1 aliphatic carbocycles. The van der Waals surface area contributed by atoms with Crippen LogP contribution in [0.25, 0.3) is 0 Å². The van der Waals surface area contributed by atoms with Crippen molar-refractivity contribution >= 4 is 0 Å². The molecule has 0 spiro atoms. The summed E-state index contributed by atoms with van der Waals surface area (Å²) in [7, 11) is 0. The van der Waals surface area contributed by atoms with Gasteiger partial charge >= 0.3 is 0 Å². The molecule has 0 bridgehead atoms. The van der Waals surface area contributed by atoms with Crippen molar-refractivity contribution < 1.29 is 10.2 Å². The van der Waals surface area contributed by atoms with Crippen molar-refractivity contribution in [3.8, 4) is 0 Å². The number of hydrogen-bond donors (Lipinski definition) is 2. The van der Waals surface area contributed by atoms with E-state index in [0.717, 1.165) is 5.57 Å². The van der Waals surface area contributed by atoms with Crippen LogP contribution in [0.2, 0.25) is 0 Å². The minimum absolute atomic E-state index is 0.00245. The summed E-state index contributed by atoms with van der Waals surface area (Å²) >= 11 is 0. The van der Waals surface area contributed by atoms with Gasteiger partial charge in [-0.15, -0.1) is 6.58 Å². The molecule has 2 atom stereocenters. The first-order chi connectivity index (χ1) is 5.64. The lowest BCUT2D eigenvalue weighted by Crippen LogP contribution is -2.32. The first kappa shape index (κ1) is 9.49. The van der Waals surface area contributed by atoms with Crippen molar-refractivity contribution in [1.82, 2.24) is 0 Å². The standard InChI is InChI=1S/C10H16O2/c1-3-4-10(7-11)6-8(2)5-9(10)12/h3,6,9,11-12H,1,4-5,7H2,2H3/t9-,10-/m0/s1. The van der Waals surface area contributed by atoms with Crippen LogP contribution in [0, 0.1) is 5.41 Å². The lowest BCUT2D eigenvalue weighted by Gasteiger charge is -2.27. The van der Waals surface area contributed by atoms with Crippen molar-refractivity contribution in [3.05, 3.63) is 24.3 Å². The fraction of sp³-hybridized carbons (Fsp3) is 0.600. The average Bonchev–Trinajstić information content (AvgIpc) is 2.28. The van der Waals surface area contributed by atoms with Crippen LogP contribution in [0.4, 0.5) is 0 Å². The molecule has 1 rings (SSSR count). The Hall–Kier alpha value is -0.600. The second kappa shape index (κ2) is 3.42. The molecule has 2 nitrogen and oxygen atoms in total. The Labute approximate surface area is 73.2 Å². The van der Waals surface area contributed by atoms with Crippen LogP contribution < -0.4 is 0 Å². The molecule has 0 fully saturated rings. The Bertz CT molecular complexity index is 208. The zero-order chi connectivity index (χ0) is 9.19. The summed E-state index contributed by atoms with van der Waals surface area (Å²) in [6.07, 6.45) is 4.59. The largest absolute Gasteiger partial charge is 0.395 e. The lowest BCUT2D eigenvalue weighted by atomic mass is 9.83. The van der Waals surface area contributed by atoms with Gasteiger partial charge in [-0.3, -0.25) is 0 Å². The highest BCUT2D eigenvalue weighted by Crippen LogP contribution is 2.38. The van der Waals surface area contributed by atoms with Crippen molar-refractivity contribution in [2.45, 2.75) is 25.9 Å². The molecule has 0 aromatic heterocycles. The molecule has 0 amide bonds. The van der Waals surface area contributed by atoms with E-state index in [-0.39, 0.29) is 6.61 Å². The molecule has 0 heterocycles. The molecule has 2 heteroatoms. The third-order valence-corrected chi connectivity index (χ3v) is 2.53. The van der Waals surface area contributed by atoms with Crippen LogP contribution in [-0.2, 0) is 0 Å². The summed E-state index contributed by atoms with van der Waals surface area (Å²) in [5.74, 6) is 0. The highest BCUT2D eigenvalue weighted by atomic mass is 16.3. The molecule has 1 aliphatic rings. The quantitative estimate of drug-likeness (QED) is 0.623. The molecule has 0 saturated heterocycles. The van der Waals surface area contributed by atoms with Crippen LogP contribution in [0.5, 0.6) is 0 Å². The van der Waals surface area contributed by atoms with Crippen LogP contribution in [0.3, 0.4) is 0 Å². The second-order valence-electron chi connectivity index (χ2n) is 3.59. The smallest absolute Gasteiger partial charge is 0.0692 e. The van der Waals surface area contributed by atoms with E-state index in [1.165, 1.54) is 0 Å². The monoisotopic (exact) mass is 168 g/mol. The minimum Gasteiger partial charge on any atom is -0.395 e. The van der Waals surface area contributed by atoms with E-state index in [2.05, 4.69) is 6.58 Å². The lowest BCUT2D eigenvalue weighted by molar-refractivity contribution is 0.0298. The maximum atomic E-state index is 9.68. The van der Waals surface area contributed by atoms with E-state index < -0.39 is 11.5 Å². The normalized spacial score (nSPS) is 34.9. The first-order valence-electron chi connectivity index (χ1n) is 4.23. The van der Waals surface area contributed by atoms with Gasteiger partial charge in [0.15, 0.2) is 0 Å². The highest BCUT2D eigenvalue weighted by Gasteiger charge is 2.38. The number of aliphatic hydroxyl groups excluding tert-OH is 2. The molecule has 0 unspecified atom stereocenters. The molecule has 0 aromatic carbocycles. The van der Waals surface area contributed by atoms with Crippen molar-refractivity contribution in [1.29, 1.82) is 0 Å². The number of rotatable bonds is 3. The molecule has 68 valence electrons. The third-order valence-electron chi connectivity index (χ3n) is 2.53. The van der Waals surface area contributed by atoms with Gasteiger partial charge in [-0.1, -0.05) is 17.7 Å². The fourth-order valence-corrected chi connectivity index (χ4v) is 1.83. The number of hydrogen-bond acceptors (Lipinski definition) is 2. The Kier molecular flexibility index (Phi) is 2.70. The van der Waals surface area contributed by atoms with Crippen molar-refractivity contribution in [3.63, 3.8) is 0 Å². The first-order valence-corrected chi connectivity index (χ1v) is 4.23. The predicted octanol–water partition coefficient (Wildman–Crippen LogP) is 1.25. The van der Waals surface area contributed by atoms with E-state index in [0.29, 0.717) is 12.8 Å². The summed E-state index contributed by atoms with van der Waals surface area (Å²) in [6.45, 7) is 5.60. The van der Waals surface area contributed by atoms with Crippen LogP contribution in [-0.4, -0.2) is 22.9 Å². The summed E-state index contributed by atoms with van der Waals surface area (Å²) in [5, 5.41) is 18.9. The van der Waals surface area contributed by atoms with E-state index in [1.54, 1.807) is 6.08 Å². The molecule has 0 aliphatic heterocycles. The molecule has 0 radical (unpaired) electrons. The fourth-order valence-electron chi connectivity index (χ4n) is 1.83. The predicted molar refractivity (Wildman–Crippen MR) is 48.7 cm³/mol. The molecule has 0 aromatic rings. The Morgan fingerprint density at radius 2 is 2.50 bits per heavy atom. The van der Waals surface area contributed by atoms with E-state index in [9.17, 15) is 10.2 Å². The molecular weight excluding hydrogens is 152 g/mol. The molecular formula is C10H16O2. The summed E-state index contributed by atoms with van der Waals surface area (Å²) in [6, 6.07) is 0. The van der Waals surface area contributed by atoms with Gasteiger partial charge in [0.2, 0.25) is 0 Å². The Morgan fingerprint density at radius 3 is 2.83 bits per heavy atom. The Balaban J connectivity index is 2.84. The van der Waals surface area contributed by atoms with Crippen LogP contribution >= 0.6 is 0 Å². The van der Waals surface area contributed by atoms with E-state index >= 15 is 0 Å². The van der Waals surface area contributed by atoms with Gasteiger partial charge in [0.05, 0.1) is 12.7 Å². The zero-order valence-electron chi connectivity index (χ0n) is 7.45. The second-order valence-corrected chi connectivity index (χ2v) is 3.59. The van der Waals surface area contributed by atoms with Gasteiger partial charge in [-0.05, 0) is 19.8 Å². The topological polar surface area (TPSA) is 40.5 Å². The van der Waals surface area contributed by atoms with Crippen LogP contribution in [0.15, 0.2) is 24.3 Å². The minimum atomic E-state index is -0.453. The van der Waals surface area contributed by atoms with E-state index in [1.807, 2.05) is 13.0 Å². The highest BCUT2D eigenvalue weighted by molar-refractivity contribution is 5.20. The van der Waals surface area contributed by atoms with Gasteiger partial charge in [0.25, 0.3) is 0 Å². The number of aliphatic hydroxyl groups is 2. The summed E-state index contributed by atoms with van der Waals surface area (Å²) in [4.78, 5) is 0. The summed E-state index contributed by atoms with van der Waals surface area (Å²) in [5.41, 5.74) is 0.699. The molecule has 2 N–H and O–H groups in total. The SMILES string of the molecule is C=CC[C@@]1(CO)C=C(C)C[C@@H]1O. The molecule has 0 saturated carbocycles. The zero-order valence-corrected chi connectivity index (χ0v) is 7.45. The maximum Gasteiger partial charge on any atom is 0.0692 e. The van der Waals surface area contributed by atoms with Crippen molar-refractivity contribution in [2.24, 2.45) is 5.41 Å². The number of allylic oxidation sites excluding steroid dienone is 1. The van der Waals surface area contributed by atoms with Gasteiger partial charge in [-0.2, -0.15) is 0 Å². The van der Waals surface area contributed by atoms with Gasteiger partial charge in [0, 0.05) is 5.41 Å². The molecule has 12 heavy (non-hydrogen) atoms. The maximum absolute atomic E-state index is 9.68. The Morgan fingerprint density at radius 1 is 1.83 bits per heavy atom. The van der Waals surface area contributed by atoms with Crippen molar-refractivity contribution in [2.75, 3.05) is 6.61 Å².